The Kier molecular flexibility index (Phi) is 4.49. The fourth-order valence-corrected chi connectivity index (χ4v) is 2.54. The molecule has 0 aliphatic carbocycles. The summed E-state index contributed by atoms with van der Waals surface area (Å²) in [5.74, 6) is 3.41. The van der Waals surface area contributed by atoms with Crippen molar-refractivity contribution < 1.29 is 0 Å². The van der Waals surface area contributed by atoms with Gasteiger partial charge in [-0.3, -0.25) is 0 Å². The first-order chi connectivity index (χ1) is 5.83. The largest absolute Gasteiger partial charge is 0.302 e. The van der Waals surface area contributed by atoms with Crippen LogP contribution in [0.3, 0.4) is 0 Å². The second kappa shape index (κ2) is 5.45. The molecule has 1 heterocycles. The van der Waals surface area contributed by atoms with Crippen molar-refractivity contribution in [3.05, 3.63) is 0 Å². The number of nitrogens with zero attached hydrogens (tertiary/aromatic N) is 1. The van der Waals surface area contributed by atoms with E-state index in [1.807, 2.05) is 18.7 Å². The van der Waals surface area contributed by atoms with E-state index in [2.05, 4.69) is 11.4 Å². The average Bonchev–Trinajstić information content (AvgIpc) is 2.16. The van der Waals surface area contributed by atoms with Crippen molar-refractivity contribution in [1.29, 1.82) is 5.26 Å². The molecule has 0 amide bonds. The van der Waals surface area contributed by atoms with Gasteiger partial charge in [0.1, 0.15) is 0 Å². The number of hydrogen-bond donors (Lipinski definition) is 1. The molecule has 1 N–H and O–H groups in total. The maximum Gasteiger partial charge on any atom is 0.0924 e. The molecule has 1 fully saturated rings. The highest BCUT2D eigenvalue weighted by molar-refractivity contribution is 7.99. The molecule has 2 nitrogen and oxygen atoms in total. The molecule has 0 aromatic rings. The van der Waals surface area contributed by atoms with Crippen LogP contribution in [0.25, 0.3) is 0 Å². The van der Waals surface area contributed by atoms with Crippen LogP contribution in [-0.4, -0.2) is 24.1 Å². The van der Waals surface area contributed by atoms with Gasteiger partial charge in [-0.2, -0.15) is 17.0 Å². The smallest absolute Gasteiger partial charge is 0.0924 e. The van der Waals surface area contributed by atoms with Gasteiger partial charge in [0.25, 0.3) is 0 Å². The summed E-state index contributed by atoms with van der Waals surface area (Å²) in [4.78, 5) is 0. The van der Waals surface area contributed by atoms with E-state index in [4.69, 9.17) is 5.26 Å². The van der Waals surface area contributed by atoms with Crippen molar-refractivity contribution in [1.82, 2.24) is 5.32 Å². The summed E-state index contributed by atoms with van der Waals surface area (Å²) in [6.07, 6.45) is 2.63. The standard InChI is InChI=1S/C9H16N2S/c1-8(6-10)11-7-9-2-4-12-5-3-9/h8-9,11H,2-5,7H2,1H3. The number of rotatable bonds is 3. The van der Waals surface area contributed by atoms with Crippen LogP contribution in [0, 0.1) is 17.2 Å². The lowest BCUT2D eigenvalue weighted by Crippen LogP contribution is -2.31. The minimum Gasteiger partial charge on any atom is -0.302 e. The molecule has 1 aliphatic rings. The normalized spacial score (nSPS) is 21.7. The Morgan fingerprint density at radius 2 is 2.25 bits per heavy atom. The minimum absolute atomic E-state index is 0.0135. The summed E-state index contributed by atoms with van der Waals surface area (Å²) < 4.78 is 0. The summed E-state index contributed by atoms with van der Waals surface area (Å²) in [6, 6.07) is 2.20. The Balaban J connectivity index is 2.10. The fraction of sp³-hybridized carbons (Fsp3) is 0.889. The number of nitriles is 1. The van der Waals surface area contributed by atoms with Crippen LogP contribution in [0.4, 0.5) is 0 Å². The zero-order chi connectivity index (χ0) is 8.81. The third-order valence-corrected chi connectivity index (χ3v) is 3.30. The second-order valence-corrected chi connectivity index (χ2v) is 4.54. The molecule has 1 atom stereocenters. The number of hydrogen-bond acceptors (Lipinski definition) is 3. The van der Waals surface area contributed by atoms with E-state index < -0.39 is 0 Å². The molecule has 12 heavy (non-hydrogen) atoms. The summed E-state index contributed by atoms with van der Waals surface area (Å²) in [7, 11) is 0. The number of nitrogens with one attached hydrogen (secondary N) is 1. The lowest BCUT2D eigenvalue weighted by Gasteiger charge is -2.22. The molecule has 3 heteroatoms. The lowest BCUT2D eigenvalue weighted by atomic mass is 10.0. The van der Waals surface area contributed by atoms with E-state index in [-0.39, 0.29) is 6.04 Å². The van der Waals surface area contributed by atoms with E-state index in [1.165, 1.54) is 24.3 Å². The SMILES string of the molecule is CC(C#N)NCC1CCSCC1. The third kappa shape index (κ3) is 3.46. The van der Waals surface area contributed by atoms with Gasteiger partial charge in [-0.15, -0.1) is 0 Å². The summed E-state index contributed by atoms with van der Waals surface area (Å²) in [5.41, 5.74) is 0. The summed E-state index contributed by atoms with van der Waals surface area (Å²) in [6.45, 7) is 2.94. The zero-order valence-corrected chi connectivity index (χ0v) is 8.36. The van der Waals surface area contributed by atoms with Gasteiger partial charge in [0.05, 0.1) is 12.1 Å². The highest BCUT2D eigenvalue weighted by atomic mass is 32.2. The first kappa shape index (κ1) is 9.88. The van der Waals surface area contributed by atoms with Crippen LogP contribution in [0.1, 0.15) is 19.8 Å². The highest BCUT2D eigenvalue weighted by Gasteiger charge is 2.13. The summed E-state index contributed by atoms with van der Waals surface area (Å²) in [5, 5.41) is 11.8. The topological polar surface area (TPSA) is 35.8 Å². The Bertz CT molecular complexity index is 158. The Labute approximate surface area is 78.7 Å². The fourth-order valence-electron chi connectivity index (χ4n) is 1.34. The maximum atomic E-state index is 8.55. The van der Waals surface area contributed by atoms with E-state index >= 15 is 0 Å². The van der Waals surface area contributed by atoms with Crippen molar-refractivity contribution in [3.8, 4) is 6.07 Å². The van der Waals surface area contributed by atoms with Crippen LogP contribution in [0.5, 0.6) is 0 Å². The van der Waals surface area contributed by atoms with Crippen molar-refractivity contribution in [3.63, 3.8) is 0 Å². The predicted molar refractivity (Wildman–Crippen MR) is 53.1 cm³/mol. The Morgan fingerprint density at radius 1 is 1.58 bits per heavy atom. The molecule has 0 radical (unpaired) electrons. The van der Waals surface area contributed by atoms with Crippen molar-refractivity contribution in [2.45, 2.75) is 25.8 Å². The van der Waals surface area contributed by atoms with Gasteiger partial charge in [-0.05, 0) is 43.7 Å². The third-order valence-electron chi connectivity index (χ3n) is 2.25. The zero-order valence-electron chi connectivity index (χ0n) is 7.55. The molecule has 0 aromatic carbocycles. The van der Waals surface area contributed by atoms with Crippen molar-refractivity contribution >= 4 is 11.8 Å². The molecule has 0 spiro atoms. The van der Waals surface area contributed by atoms with Crippen LogP contribution in [0.15, 0.2) is 0 Å². The molecule has 1 saturated heterocycles. The second-order valence-electron chi connectivity index (χ2n) is 3.31. The molecule has 1 aliphatic heterocycles. The quantitative estimate of drug-likeness (QED) is 0.724. The molecular weight excluding hydrogens is 168 g/mol. The molecule has 68 valence electrons. The molecule has 1 unspecified atom stereocenters. The molecule has 0 aromatic heterocycles. The van der Waals surface area contributed by atoms with Crippen LogP contribution < -0.4 is 5.32 Å². The first-order valence-corrected chi connectivity index (χ1v) is 5.69. The average molecular weight is 184 g/mol. The van der Waals surface area contributed by atoms with Gasteiger partial charge in [-0.25, -0.2) is 0 Å². The maximum absolute atomic E-state index is 8.55. The minimum atomic E-state index is 0.0135. The Morgan fingerprint density at radius 3 is 2.83 bits per heavy atom. The van der Waals surface area contributed by atoms with Crippen molar-refractivity contribution in [2.24, 2.45) is 5.92 Å². The van der Waals surface area contributed by atoms with Crippen LogP contribution in [-0.2, 0) is 0 Å². The van der Waals surface area contributed by atoms with Gasteiger partial charge < -0.3 is 5.32 Å². The van der Waals surface area contributed by atoms with Crippen LogP contribution in [0.2, 0.25) is 0 Å². The molecule has 0 bridgehead atoms. The van der Waals surface area contributed by atoms with E-state index in [0.29, 0.717) is 0 Å². The van der Waals surface area contributed by atoms with Gasteiger partial charge >= 0.3 is 0 Å². The van der Waals surface area contributed by atoms with Gasteiger partial charge in [-0.1, -0.05) is 0 Å². The van der Waals surface area contributed by atoms with Gasteiger partial charge in [0, 0.05) is 0 Å². The number of thioether (sulfide) groups is 1. The first-order valence-electron chi connectivity index (χ1n) is 4.53. The van der Waals surface area contributed by atoms with E-state index in [1.54, 1.807) is 0 Å². The van der Waals surface area contributed by atoms with Crippen LogP contribution >= 0.6 is 11.8 Å². The predicted octanol–water partition coefficient (Wildman–Crippen LogP) is 1.63. The van der Waals surface area contributed by atoms with Crippen molar-refractivity contribution in [2.75, 3.05) is 18.1 Å². The summed E-state index contributed by atoms with van der Waals surface area (Å²) >= 11 is 2.05. The monoisotopic (exact) mass is 184 g/mol. The molecule has 0 saturated carbocycles. The van der Waals surface area contributed by atoms with Gasteiger partial charge in [0.15, 0.2) is 0 Å². The van der Waals surface area contributed by atoms with E-state index in [0.717, 1.165) is 12.5 Å². The lowest BCUT2D eigenvalue weighted by molar-refractivity contribution is 0.438. The molecular formula is C9H16N2S. The highest BCUT2D eigenvalue weighted by Crippen LogP contribution is 2.21. The van der Waals surface area contributed by atoms with E-state index in [9.17, 15) is 0 Å². The van der Waals surface area contributed by atoms with Gasteiger partial charge in [0.2, 0.25) is 0 Å². The molecule has 1 rings (SSSR count). The Hall–Kier alpha value is -0.200.